The number of thioether (sulfide) groups is 2. The van der Waals surface area contributed by atoms with E-state index < -0.39 is 8.07 Å². The monoisotopic (exact) mass is 693 g/mol. The van der Waals surface area contributed by atoms with Crippen LogP contribution in [0.5, 0.6) is 0 Å². The molecule has 0 aliphatic carbocycles. The number of hydrogen-bond donors (Lipinski definition) is 0. The van der Waals surface area contributed by atoms with E-state index in [4.69, 9.17) is 0 Å². The Kier molecular flexibility index (Phi) is 9.88. The van der Waals surface area contributed by atoms with E-state index in [0.717, 1.165) is 29.3 Å². The molecule has 49 heavy (non-hydrogen) atoms. The largest absolute Gasteiger partial charge is 0.358 e. The second kappa shape index (κ2) is 14.5. The lowest BCUT2D eigenvalue weighted by Crippen LogP contribution is -2.65. The van der Waals surface area contributed by atoms with Gasteiger partial charge < -0.3 is 4.90 Å². The van der Waals surface area contributed by atoms with E-state index >= 15 is 0 Å². The van der Waals surface area contributed by atoms with Gasteiger partial charge in [-0.15, -0.1) is 11.8 Å². The third kappa shape index (κ3) is 6.91. The number of quaternary nitrogens is 1. The molecule has 1 atom stereocenters. The third-order valence-corrected chi connectivity index (χ3v) is 17.5. The van der Waals surface area contributed by atoms with E-state index in [1.807, 2.05) is 23.5 Å². The van der Waals surface area contributed by atoms with Crippen molar-refractivity contribution in [3.63, 3.8) is 0 Å². The number of anilines is 1. The van der Waals surface area contributed by atoms with Crippen molar-refractivity contribution in [2.24, 2.45) is 0 Å². The van der Waals surface area contributed by atoms with Crippen LogP contribution in [0.15, 0.2) is 161 Å². The van der Waals surface area contributed by atoms with Crippen molar-refractivity contribution in [3.05, 3.63) is 174 Å². The second-order valence-electron chi connectivity index (χ2n) is 13.7. The van der Waals surface area contributed by atoms with Crippen LogP contribution in [-0.4, -0.2) is 26.9 Å². The van der Waals surface area contributed by atoms with Gasteiger partial charge in [0.1, 0.15) is 26.2 Å². The molecule has 2 aliphatic heterocycles. The van der Waals surface area contributed by atoms with Crippen LogP contribution in [0.1, 0.15) is 22.3 Å². The second-order valence-corrected chi connectivity index (χ2v) is 19.5. The van der Waals surface area contributed by atoms with Gasteiger partial charge in [-0.1, -0.05) is 145 Å². The molecule has 2 heterocycles. The van der Waals surface area contributed by atoms with Crippen LogP contribution in [-0.2, 0) is 13.1 Å². The Morgan fingerprint density at radius 3 is 1.84 bits per heavy atom. The Bertz CT molecular complexity index is 1980. The molecule has 8 rings (SSSR count). The quantitative estimate of drug-likeness (QED) is 0.101. The van der Waals surface area contributed by atoms with Gasteiger partial charge in [-0.25, -0.2) is 0 Å². The predicted octanol–water partition coefficient (Wildman–Crippen LogP) is 9.36. The molecule has 2 aliphatic rings. The van der Waals surface area contributed by atoms with E-state index in [2.05, 4.69) is 184 Å². The molecule has 0 fully saturated rings. The van der Waals surface area contributed by atoms with E-state index in [1.165, 1.54) is 59.0 Å². The van der Waals surface area contributed by atoms with Gasteiger partial charge in [-0.3, -0.25) is 4.48 Å². The maximum Gasteiger partial charge on any atom is 0.146 e. The Labute approximate surface area is 302 Å². The summed E-state index contributed by atoms with van der Waals surface area (Å²) in [7, 11) is 0.239. The molecule has 0 bridgehead atoms. The van der Waals surface area contributed by atoms with E-state index in [1.54, 1.807) is 0 Å². The van der Waals surface area contributed by atoms with E-state index in [9.17, 15) is 0 Å². The van der Waals surface area contributed by atoms with Crippen molar-refractivity contribution in [1.82, 2.24) is 4.48 Å². The average molecular weight is 694 g/mol. The Hall–Kier alpha value is -4.00. The highest BCUT2D eigenvalue weighted by Gasteiger charge is 2.37. The van der Waals surface area contributed by atoms with Gasteiger partial charge >= 0.3 is 0 Å². The molecule has 0 aromatic heterocycles. The summed E-state index contributed by atoms with van der Waals surface area (Å²) in [6, 6.07) is 55.5. The first-order valence-electron chi connectivity index (χ1n) is 17.1. The number of aryl methyl sites for hydroxylation is 2. The standard InChI is InChI=1S/C27H25NSSi.C17H20NS/c1-30(24-15-7-3-8-16-24,25-17-9-4-10-18-25)26-19-11-12-22-20-28(21-29-27(22)26)23-13-5-2-6-14-23;1-13-9-14(2)17-15(10-13)11-18(3,12-19-17)16-7-5-4-6-8-16/h2-19H,20-21H2,1H3;4-10H,11-12H2,1-3H3/q;+1. The molecule has 0 spiro atoms. The highest BCUT2D eigenvalue weighted by molar-refractivity contribution is 7.99. The highest BCUT2D eigenvalue weighted by Crippen LogP contribution is 2.39. The lowest BCUT2D eigenvalue weighted by Gasteiger charge is -2.38. The maximum atomic E-state index is 2.51. The van der Waals surface area contributed by atoms with Crippen molar-refractivity contribution < 1.29 is 0 Å². The minimum Gasteiger partial charge on any atom is -0.358 e. The van der Waals surface area contributed by atoms with Crippen LogP contribution in [0.2, 0.25) is 6.55 Å². The first kappa shape index (κ1) is 33.5. The molecule has 0 saturated carbocycles. The number of nitrogens with zero attached hydrogens (tertiary/aromatic N) is 2. The van der Waals surface area contributed by atoms with Crippen LogP contribution < -0.4 is 24.9 Å². The van der Waals surface area contributed by atoms with Gasteiger partial charge in [0.25, 0.3) is 0 Å². The molecule has 0 saturated heterocycles. The smallest absolute Gasteiger partial charge is 0.146 e. The van der Waals surface area contributed by atoms with Crippen molar-refractivity contribution in [2.75, 3.05) is 23.7 Å². The van der Waals surface area contributed by atoms with Gasteiger partial charge in [-0.2, -0.15) is 0 Å². The Morgan fingerprint density at radius 2 is 1.20 bits per heavy atom. The lowest BCUT2D eigenvalue weighted by atomic mass is 10.1. The minimum atomic E-state index is -2.10. The van der Waals surface area contributed by atoms with Gasteiger partial charge in [0.15, 0.2) is 0 Å². The average Bonchev–Trinajstić information content (AvgIpc) is 3.15. The zero-order valence-corrected chi connectivity index (χ0v) is 31.6. The minimum absolute atomic E-state index is 0.967. The number of benzene rings is 6. The van der Waals surface area contributed by atoms with Gasteiger partial charge in [-0.05, 0) is 70.9 Å². The molecule has 246 valence electrons. The Morgan fingerprint density at radius 1 is 0.612 bits per heavy atom. The first-order chi connectivity index (χ1) is 23.8. The van der Waals surface area contributed by atoms with Crippen LogP contribution in [0.25, 0.3) is 0 Å². The fraction of sp³-hybridized carbons (Fsp3) is 0.182. The molecule has 6 aromatic carbocycles. The molecule has 5 heteroatoms. The van der Waals surface area contributed by atoms with Crippen LogP contribution in [0.4, 0.5) is 11.4 Å². The number of hydrogen-bond acceptors (Lipinski definition) is 3. The summed E-state index contributed by atoms with van der Waals surface area (Å²) < 4.78 is 0.987. The van der Waals surface area contributed by atoms with Crippen LogP contribution >= 0.6 is 23.5 Å². The third-order valence-electron chi connectivity index (χ3n) is 10.1. The number of fused-ring (bicyclic) bond motifs is 2. The van der Waals surface area contributed by atoms with Crippen molar-refractivity contribution in [3.8, 4) is 0 Å². The molecule has 0 radical (unpaired) electrons. The fourth-order valence-corrected chi connectivity index (χ4v) is 14.3. The number of rotatable bonds is 5. The molecule has 0 N–H and O–H groups in total. The normalized spacial score (nSPS) is 16.9. The fourth-order valence-electron chi connectivity index (χ4n) is 7.44. The molecular formula is C44H45N2S2Si+. The van der Waals surface area contributed by atoms with Crippen molar-refractivity contribution in [1.29, 1.82) is 0 Å². The summed E-state index contributed by atoms with van der Waals surface area (Å²) in [5, 5.41) is 4.47. The van der Waals surface area contributed by atoms with Gasteiger partial charge in [0.05, 0.1) is 12.9 Å². The highest BCUT2D eigenvalue weighted by atomic mass is 32.2. The summed E-state index contributed by atoms with van der Waals surface area (Å²) in [6.07, 6.45) is 0. The van der Waals surface area contributed by atoms with Gasteiger partial charge in [0.2, 0.25) is 0 Å². The zero-order valence-electron chi connectivity index (χ0n) is 29.0. The van der Waals surface area contributed by atoms with Gasteiger partial charge in [0, 0.05) is 27.6 Å². The SMILES string of the molecule is C[Si](c1ccccc1)(c1ccccc1)c1cccc2c1SCN(c1ccccc1)C2.Cc1cc(C)c2c(c1)C[N+](C)(c1ccccc1)CS2. The predicted molar refractivity (Wildman–Crippen MR) is 218 cm³/mol. The molecule has 6 aromatic rings. The first-order valence-corrected chi connectivity index (χ1v) is 21.6. The number of para-hydroxylation sites is 2. The summed E-state index contributed by atoms with van der Waals surface area (Å²) in [5.41, 5.74) is 8.45. The maximum absolute atomic E-state index is 2.51. The summed E-state index contributed by atoms with van der Waals surface area (Å²) >= 11 is 3.99. The molecule has 2 nitrogen and oxygen atoms in total. The molecular weight excluding hydrogens is 649 g/mol. The molecule has 0 amide bonds. The topological polar surface area (TPSA) is 3.24 Å². The zero-order chi connectivity index (χ0) is 33.8. The van der Waals surface area contributed by atoms with Crippen molar-refractivity contribution >= 4 is 58.5 Å². The van der Waals surface area contributed by atoms with Crippen LogP contribution in [0, 0.1) is 13.8 Å². The summed E-state index contributed by atoms with van der Waals surface area (Å²) in [4.78, 5) is 5.46. The van der Waals surface area contributed by atoms with Crippen LogP contribution in [0.3, 0.4) is 0 Å². The van der Waals surface area contributed by atoms with E-state index in [0.29, 0.717) is 0 Å². The van der Waals surface area contributed by atoms with Crippen molar-refractivity contribution in [2.45, 2.75) is 43.3 Å². The summed E-state index contributed by atoms with van der Waals surface area (Å²) in [5.74, 6) is 2.10. The van der Waals surface area contributed by atoms with E-state index in [-0.39, 0.29) is 0 Å². The lowest BCUT2D eigenvalue weighted by molar-refractivity contribution is 0.367. The molecule has 1 unspecified atom stereocenters. The summed E-state index contributed by atoms with van der Waals surface area (Å²) in [6.45, 7) is 9.00. The Balaban J connectivity index is 0.000000171.